The summed E-state index contributed by atoms with van der Waals surface area (Å²) < 4.78 is 5.20. The molecule has 2 aromatic rings. The molecule has 0 aliphatic heterocycles. The molecular formula is C13H14N4OS. The van der Waals surface area contributed by atoms with Crippen LogP contribution in [-0.2, 0) is 5.75 Å². The van der Waals surface area contributed by atoms with Gasteiger partial charge in [0.15, 0.2) is 5.82 Å². The van der Waals surface area contributed by atoms with E-state index in [9.17, 15) is 0 Å². The van der Waals surface area contributed by atoms with Crippen molar-refractivity contribution < 1.29 is 4.52 Å². The molecule has 5 nitrogen and oxygen atoms in total. The molecule has 2 heterocycles. The van der Waals surface area contributed by atoms with E-state index in [0.717, 1.165) is 17.7 Å². The second-order valence-corrected chi connectivity index (χ2v) is 5.51. The van der Waals surface area contributed by atoms with Gasteiger partial charge in [-0.3, -0.25) is 0 Å². The van der Waals surface area contributed by atoms with Crippen molar-refractivity contribution in [3.05, 3.63) is 29.8 Å². The van der Waals surface area contributed by atoms with Gasteiger partial charge in [0.25, 0.3) is 5.89 Å². The molecule has 0 saturated carbocycles. The molecule has 0 amide bonds. The van der Waals surface area contributed by atoms with Gasteiger partial charge in [-0.15, -0.1) is 0 Å². The first-order chi connectivity index (χ1) is 9.22. The Balaban J connectivity index is 2.10. The van der Waals surface area contributed by atoms with E-state index in [-0.39, 0.29) is 0 Å². The van der Waals surface area contributed by atoms with Crippen LogP contribution in [0.3, 0.4) is 0 Å². The van der Waals surface area contributed by atoms with Crippen LogP contribution in [0.15, 0.2) is 22.9 Å². The lowest BCUT2D eigenvalue weighted by atomic mass is 10.2. The first-order valence-electron chi connectivity index (χ1n) is 6.03. The van der Waals surface area contributed by atoms with Crippen molar-refractivity contribution in [2.75, 3.05) is 0 Å². The number of nitrogens with zero attached hydrogens (tertiary/aromatic N) is 4. The van der Waals surface area contributed by atoms with Crippen LogP contribution in [0.2, 0.25) is 0 Å². The van der Waals surface area contributed by atoms with Crippen LogP contribution in [0, 0.1) is 11.3 Å². The topological polar surface area (TPSA) is 75.6 Å². The molecule has 0 aliphatic rings. The van der Waals surface area contributed by atoms with Gasteiger partial charge >= 0.3 is 0 Å². The fourth-order valence-electron chi connectivity index (χ4n) is 1.39. The van der Waals surface area contributed by atoms with Crippen LogP contribution < -0.4 is 0 Å². The Morgan fingerprint density at radius 3 is 3.11 bits per heavy atom. The molecule has 98 valence electrons. The fourth-order valence-corrected chi connectivity index (χ4v) is 2.18. The van der Waals surface area contributed by atoms with Gasteiger partial charge in [-0.1, -0.05) is 19.0 Å². The number of rotatable bonds is 5. The van der Waals surface area contributed by atoms with Crippen molar-refractivity contribution in [2.45, 2.75) is 31.3 Å². The lowest BCUT2D eigenvalue weighted by molar-refractivity contribution is 0.425. The summed E-state index contributed by atoms with van der Waals surface area (Å²) in [4.78, 5) is 8.23. The third kappa shape index (κ3) is 3.55. The van der Waals surface area contributed by atoms with Crippen molar-refractivity contribution in [1.29, 1.82) is 5.26 Å². The molecular weight excluding hydrogens is 260 g/mol. The van der Waals surface area contributed by atoms with Gasteiger partial charge in [-0.2, -0.15) is 22.0 Å². The maximum atomic E-state index is 8.80. The summed E-state index contributed by atoms with van der Waals surface area (Å²) in [6.45, 7) is 4.33. The van der Waals surface area contributed by atoms with E-state index in [1.54, 1.807) is 30.1 Å². The molecule has 0 N–H and O–H groups in total. The summed E-state index contributed by atoms with van der Waals surface area (Å²) >= 11 is 1.80. The van der Waals surface area contributed by atoms with Gasteiger partial charge in [0.2, 0.25) is 0 Å². The predicted molar refractivity (Wildman–Crippen MR) is 73.3 cm³/mol. The number of nitriles is 1. The zero-order chi connectivity index (χ0) is 13.7. The zero-order valence-electron chi connectivity index (χ0n) is 10.8. The maximum absolute atomic E-state index is 8.80. The average Bonchev–Trinajstić information content (AvgIpc) is 2.93. The molecule has 1 unspecified atom stereocenters. The normalized spacial score (nSPS) is 12.1. The van der Waals surface area contributed by atoms with Crippen LogP contribution >= 0.6 is 11.8 Å². The highest BCUT2D eigenvalue weighted by atomic mass is 32.2. The third-order valence-electron chi connectivity index (χ3n) is 2.66. The van der Waals surface area contributed by atoms with Crippen molar-refractivity contribution >= 4 is 11.8 Å². The van der Waals surface area contributed by atoms with Crippen molar-refractivity contribution in [3.63, 3.8) is 0 Å². The van der Waals surface area contributed by atoms with E-state index in [2.05, 4.69) is 29.0 Å². The van der Waals surface area contributed by atoms with Gasteiger partial charge in [0.05, 0.1) is 5.75 Å². The predicted octanol–water partition coefficient (Wildman–Crippen LogP) is 3.03. The lowest BCUT2D eigenvalue weighted by Gasteiger charge is -2.04. The molecule has 6 heteroatoms. The first kappa shape index (κ1) is 13.6. The van der Waals surface area contributed by atoms with E-state index in [4.69, 9.17) is 9.78 Å². The number of aromatic nitrogens is 3. The molecule has 0 bridgehead atoms. The monoisotopic (exact) mass is 274 g/mol. The minimum absolute atomic E-state index is 0.339. The van der Waals surface area contributed by atoms with Gasteiger partial charge in [-0.25, -0.2) is 4.98 Å². The molecule has 0 saturated heterocycles. The van der Waals surface area contributed by atoms with Crippen molar-refractivity contribution in [1.82, 2.24) is 15.1 Å². The Kier molecular flexibility index (Phi) is 4.53. The van der Waals surface area contributed by atoms with Gasteiger partial charge < -0.3 is 4.52 Å². The summed E-state index contributed by atoms with van der Waals surface area (Å²) in [7, 11) is 0. The Bertz CT molecular complexity index is 590. The molecule has 2 aromatic heterocycles. The third-order valence-corrected chi connectivity index (χ3v) is 3.99. The van der Waals surface area contributed by atoms with Crippen LogP contribution in [-0.4, -0.2) is 20.4 Å². The van der Waals surface area contributed by atoms with Crippen LogP contribution in [0.5, 0.6) is 0 Å². The number of hydrogen-bond donors (Lipinski definition) is 0. The SMILES string of the molecule is CCC(C)SCc1noc(-c2ccnc(C#N)c2)n1. The molecule has 0 fully saturated rings. The smallest absolute Gasteiger partial charge is 0.258 e. The molecule has 0 aliphatic carbocycles. The highest BCUT2D eigenvalue weighted by Gasteiger charge is 2.10. The standard InChI is InChI=1S/C13H14N4OS/c1-3-9(2)19-8-12-16-13(18-17-12)10-4-5-15-11(6-10)7-14/h4-6,9H,3,8H2,1-2H3. The summed E-state index contributed by atoms with van der Waals surface area (Å²) in [5.41, 5.74) is 1.06. The van der Waals surface area contributed by atoms with Crippen molar-refractivity contribution in [3.8, 4) is 17.5 Å². The molecule has 0 spiro atoms. The van der Waals surface area contributed by atoms with Crippen LogP contribution in [0.1, 0.15) is 31.8 Å². The highest BCUT2D eigenvalue weighted by molar-refractivity contribution is 7.99. The minimum atomic E-state index is 0.339. The van der Waals surface area contributed by atoms with Crippen molar-refractivity contribution in [2.24, 2.45) is 0 Å². The quantitative estimate of drug-likeness (QED) is 0.834. The Morgan fingerprint density at radius 2 is 2.37 bits per heavy atom. The van der Waals surface area contributed by atoms with Crippen LogP contribution in [0.25, 0.3) is 11.5 Å². The largest absolute Gasteiger partial charge is 0.334 e. The Labute approximate surface area is 116 Å². The van der Waals surface area contributed by atoms with Gasteiger partial charge in [0.1, 0.15) is 11.8 Å². The lowest BCUT2D eigenvalue weighted by Crippen LogP contribution is -1.94. The van der Waals surface area contributed by atoms with Crippen LogP contribution in [0.4, 0.5) is 0 Å². The Hall–Kier alpha value is -1.87. The molecule has 19 heavy (non-hydrogen) atoms. The van der Waals surface area contributed by atoms with Gasteiger partial charge in [-0.05, 0) is 18.6 Å². The number of hydrogen-bond acceptors (Lipinski definition) is 6. The van der Waals surface area contributed by atoms with E-state index >= 15 is 0 Å². The molecule has 2 rings (SSSR count). The average molecular weight is 274 g/mol. The minimum Gasteiger partial charge on any atom is -0.334 e. The molecule has 0 radical (unpaired) electrons. The van der Waals surface area contributed by atoms with Gasteiger partial charge in [0, 0.05) is 17.0 Å². The fraction of sp³-hybridized carbons (Fsp3) is 0.385. The summed E-state index contributed by atoms with van der Waals surface area (Å²) in [5.74, 6) is 1.84. The summed E-state index contributed by atoms with van der Waals surface area (Å²) in [6.07, 6.45) is 2.68. The maximum Gasteiger partial charge on any atom is 0.258 e. The Morgan fingerprint density at radius 1 is 1.53 bits per heavy atom. The van der Waals surface area contributed by atoms with E-state index in [0.29, 0.717) is 22.7 Å². The number of pyridine rings is 1. The zero-order valence-corrected chi connectivity index (χ0v) is 11.6. The molecule has 0 aromatic carbocycles. The number of thioether (sulfide) groups is 1. The highest BCUT2D eigenvalue weighted by Crippen LogP contribution is 2.21. The summed E-state index contributed by atoms with van der Waals surface area (Å²) in [5, 5.41) is 13.3. The second-order valence-electron chi connectivity index (χ2n) is 4.09. The molecule has 1 atom stereocenters. The second kappa shape index (κ2) is 6.34. The van der Waals surface area contributed by atoms with E-state index in [1.807, 2.05) is 6.07 Å². The first-order valence-corrected chi connectivity index (χ1v) is 7.08. The summed E-state index contributed by atoms with van der Waals surface area (Å²) in [6, 6.07) is 5.37. The van der Waals surface area contributed by atoms with E-state index in [1.165, 1.54) is 0 Å². The van der Waals surface area contributed by atoms with E-state index < -0.39 is 0 Å².